The Balaban J connectivity index is 1.69. The van der Waals surface area contributed by atoms with Gasteiger partial charge in [-0.1, -0.05) is 67.4 Å². The van der Waals surface area contributed by atoms with Crippen molar-refractivity contribution in [3.05, 3.63) is 72.3 Å². The number of hydrogen-bond acceptors (Lipinski definition) is 4. The lowest BCUT2D eigenvalue weighted by Gasteiger charge is -2.25. The Morgan fingerprint density at radius 2 is 1.68 bits per heavy atom. The molecule has 0 saturated heterocycles. The highest BCUT2D eigenvalue weighted by Gasteiger charge is 2.18. The number of anilines is 1. The van der Waals surface area contributed by atoms with E-state index >= 15 is 0 Å². The molecule has 0 heterocycles. The van der Waals surface area contributed by atoms with Crippen molar-refractivity contribution in [2.45, 2.75) is 47.9 Å². The van der Waals surface area contributed by atoms with Gasteiger partial charge >= 0.3 is 0 Å². The van der Waals surface area contributed by atoms with Gasteiger partial charge < -0.3 is 15.8 Å². The van der Waals surface area contributed by atoms with Crippen LogP contribution in [0.1, 0.15) is 42.5 Å². The van der Waals surface area contributed by atoms with Gasteiger partial charge in [0.2, 0.25) is 0 Å². The van der Waals surface area contributed by atoms with Crippen LogP contribution in [0.25, 0.3) is 11.1 Å². The maximum atomic E-state index is 12.1. The second-order valence-electron chi connectivity index (χ2n) is 7.85. The minimum atomic E-state index is -0.401. The smallest absolute Gasteiger partial charge is 0.250 e. The van der Waals surface area contributed by atoms with Crippen LogP contribution in [0.5, 0.6) is 5.75 Å². The minimum Gasteiger partial charge on any atom is -0.496 e. The summed E-state index contributed by atoms with van der Waals surface area (Å²) in [6.07, 6.45) is 5.99. The number of amides is 1. The summed E-state index contributed by atoms with van der Waals surface area (Å²) >= 11 is 1.68. The molecule has 0 aromatic heterocycles. The fourth-order valence-electron chi connectivity index (χ4n) is 4.13. The number of nitrogens with one attached hydrogen (secondary N) is 1. The third-order valence-electron chi connectivity index (χ3n) is 5.74. The molecule has 1 saturated carbocycles. The standard InChI is InChI=1S/C26H28N2O2S/c1-30-23-12-6-8-14-25(23)31-24-13-7-5-11-20(24)18-15-16-21(26(27)29)22(17-18)28-19-9-3-2-4-10-19/h5-8,11-17,19,28H,2-4,9-10H2,1H3,(H2,27,29). The van der Waals surface area contributed by atoms with E-state index in [1.54, 1.807) is 18.9 Å². The molecular weight excluding hydrogens is 404 g/mol. The normalized spacial score (nSPS) is 14.2. The Morgan fingerprint density at radius 3 is 2.42 bits per heavy atom. The van der Waals surface area contributed by atoms with Crippen molar-refractivity contribution in [1.29, 1.82) is 0 Å². The first-order valence-corrected chi connectivity index (χ1v) is 11.6. The molecule has 160 valence electrons. The summed E-state index contributed by atoms with van der Waals surface area (Å²) < 4.78 is 5.53. The van der Waals surface area contributed by atoms with Crippen LogP contribution in [0.3, 0.4) is 0 Å². The lowest BCUT2D eigenvalue weighted by Crippen LogP contribution is -2.24. The van der Waals surface area contributed by atoms with Crippen LogP contribution in [-0.2, 0) is 0 Å². The molecule has 31 heavy (non-hydrogen) atoms. The van der Waals surface area contributed by atoms with Crippen LogP contribution in [0.4, 0.5) is 5.69 Å². The molecule has 1 amide bonds. The molecule has 0 radical (unpaired) electrons. The molecular formula is C26H28N2O2S. The predicted octanol–water partition coefficient (Wildman–Crippen LogP) is 6.36. The van der Waals surface area contributed by atoms with Gasteiger partial charge in [0.05, 0.1) is 17.6 Å². The zero-order valence-corrected chi connectivity index (χ0v) is 18.6. The first-order chi connectivity index (χ1) is 15.2. The lowest BCUT2D eigenvalue weighted by atomic mass is 9.94. The van der Waals surface area contributed by atoms with Crippen molar-refractivity contribution in [1.82, 2.24) is 0 Å². The van der Waals surface area contributed by atoms with Crippen molar-refractivity contribution < 1.29 is 9.53 Å². The lowest BCUT2D eigenvalue weighted by molar-refractivity contribution is 0.100. The van der Waals surface area contributed by atoms with E-state index in [0.717, 1.165) is 45.2 Å². The molecule has 0 spiro atoms. The van der Waals surface area contributed by atoms with E-state index in [2.05, 4.69) is 29.6 Å². The van der Waals surface area contributed by atoms with Crippen LogP contribution in [-0.4, -0.2) is 19.1 Å². The van der Waals surface area contributed by atoms with Gasteiger partial charge in [0.1, 0.15) is 5.75 Å². The highest BCUT2D eigenvalue weighted by Crippen LogP contribution is 2.40. The van der Waals surface area contributed by atoms with Gasteiger partial charge in [0.15, 0.2) is 0 Å². The van der Waals surface area contributed by atoms with Crippen LogP contribution in [0.15, 0.2) is 76.5 Å². The number of carbonyl (C=O) groups is 1. The van der Waals surface area contributed by atoms with Gasteiger partial charge in [-0.25, -0.2) is 0 Å². The Bertz CT molecular complexity index is 1060. The quantitative estimate of drug-likeness (QED) is 0.456. The number of methoxy groups -OCH3 is 1. The molecule has 4 rings (SSSR count). The molecule has 1 aliphatic rings. The van der Waals surface area contributed by atoms with E-state index in [4.69, 9.17) is 10.5 Å². The maximum Gasteiger partial charge on any atom is 0.250 e. The van der Waals surface area contributed by atoms with Crippen LogP contribution < -0.4 is 15.8 Å². The van der Waals surface area contributed by atoms with E-state index < -0.39 is 5.91 Å². The number of carbonyl (C=O) groups excluding carboxylic acids is 1. The topological polar surface area (TPSA) is 64.3 Å². The van der Waals surface area contributed by atoms with E-state index in [0.29, 0.717) is 11.6 Å². The Kier molecular flexibility index (Phi) is 6.82. The summed E-state index contributed by atoms with van der Waals surface area (Å²) in [7, 11) is 1.69. The molecule has 3 aromatic carbocycles. The second-order valence-corrected chi connectivity index (χ2v) is 8.94. The number of nitrogens with two attached hydrogens (primary N) is 1. The summed E-state index contributed by atoms with van der Waals surface area (Å²) in [6, 6.07) is 22.6. The van der Waals surface area contributed by atoms with Gasteiger partial charge in [0, 0.05) is 16.6 Å². The molecule has 1 fully saturated rings. The molecule has 0 bridgehead atoms. The van der Waals surface area contributed by atoms with Crippen molar-refractivity contribution in [3.8, 4) is 16.9 Å². The highest BCUT2D eigenvalue weighted by molar-refractivity contribution is 7.99. The molecule has 5 heteroatoms. The van der Waals surface area contributed by atoms with Gasteiger partial charge in [-0.15, -0.1) is 0 Å². The molecule has 0 aliphatic heterocycles. The monoisotopic (exact) mass is 432 g/mol. The fourth-order valence-corrected chi connectivity index (χ4v) is 5.21. The summed E-state index contributed by atoms with van der Waals surface area (Å²) in [6.45, 7) is 0. The van der Waals surface area contributed by atoms with Gasteiger partial charge in [-0.2, -0.15) is 0 Å². The van der Waals surface area contributed by atoms with Crippen molar-refractivity contribution in [2.75, 3.05) is 12.4 Å². The van der Waals surface area contributed by atoms with Crippen LogP contribution >= 0.6 is 11.8 Å². The number of primary amides is 1. The van der Waals surface area contributed by atoms with Crippen molar-refractivity contribution >= 4 is 23.4 Å². The molecule has 0 atom stereocenters. The number of hydrogen-bond donors (Lipinski definition) is 2. The Hall–Kier alpha value is -2.92. The third-order valence-corrected chi connectivity index (χ3v) is 6.87. The Labute approximate surface area is 188 Å². The third kappa shape index (κ3) is 5.05. The highest BCUT2D eigenvalue weighted by atomic mass is 32.2. The SMILES string of the molecule is COc1ccccc1Sc1ccccc1-c1ccc(C(N)=O)c(NC2CCCCC2)c1. The zero-order valence-electron chi connectivity index (χ0n) is 17.8. The molecule has 0 unspecified atom stereocenters. The fraction of sp³-hybridized carbons (Fsp3) is 0.269. The van der Waals surface area contributed by atoms with E-state index in [9.17, 15) is 4.79 Å². The largest absolute Gasteiger partial charge is 0.496 e. The number of ether oxygens (including phenoxy) is 1. The zero-order chi connectivity index (χ0) is 21.6. The molecule has 3 aromatic rings. The number of benzene rings is 3. The van der Waals surface area contributed by atoms with Gasteiger partial charge in [0.25, 0.3) is 5.91 Å². The summed E-state index contributed by atoms with van der Waals surface area (Å²) in [4.78, 5) is 14.2. The number of rotatable bonds is 7. The van der Waals surface area contributed by atoms with Crippen LogP contribution in [0, 0.1) is 0 Å². The van der Waals surface area contributed by atoms with E-state index in [1.165, 1.54) is 19.3 Å². The first kappa shape index (κ1) is 21.3. The summed E-state index contributed by atoms with van der Waals surface area (Å²) in [5.74, 6) is 0.451. The number of para-hydroxylation sites is 1. The summed E-state index contributed by atoms with van der Waals surface area (Å²) in [5.41, 5.74) is 9.22. The predicted molar refractivity (Wildman–Crippen MR) is 128 cm³/mol. The average molecular weight is 433 g/mol. The van der Waals surface area contributed by atoms with Crippen LogP contribution in [0.2, 0.25) is 0 Å². The van der Waals surface area contributed by atoms with Crippen molar-refractivity contribution in [3.63, 3.8) is 0 Å². The maximum absolute atomic E-state index is 12.1. The first-order valence-electron chi connectivity index (χ1n) is 10.8. The van der Waals surface area contributed by atoms with E-state index in [-0.39, 0.29) is 0 Å². The summed E-state index contributed by atoms with van der Waals surface area (Å²) in [5, 5.41) is 3.60. The second kappa shape index (κ2) is 9.92. The van der Waals surface area contributed by atoms with Crippen molar-refractivity contribution in [2.24, 2.45) is 5.73 Å². The molecule has 4 nitrogen and oxygen atoms in total. The van der Waals surface area contributed by atoms with E-state index in [1.807, 2.05) is 42.5 Å². The Morgan fingerprint density at radius 1 is 0.968 bits per heavy atom. The molecule has 1 aliphatic carbocycles. The average Bonchev–Trinajstić information content (AvgIpc) is 2.80. The van der Waals surface area contributed by atoms with Gasteiger partial charge in [-0.05, 0) is 54.3 Å². The van der Waals surface area contributed by atoms with Gasteiger partial charge in [-0.3, -0.25) is 4.79 Å². The minimum absolute atomic E-state index is 0.389. The molecule has 3 N–H and O–H groups in total.